The van der Waals surface area contributed by atoms with E-state index in [1.165, 1.54) is 50.5 Å². The maximum Gasteiger partial charge on any atom is 0.128 e. The molecule has 26 heavy (non-hydrogen) atoms. The fourth-order valence-electron chi connectivity index (χ4n) is 3.25. The highest BCUT2D eigenvalue weighted by Gasteiger charge is 2.14. The molecule has 0 unspecified atom stereocenters. The minimum absolute atomic E-state index is 0.545. The summed E-state index contributed by atoms with van der Waals surface area (Å²) in [5, 5.41) is 13.1. The lowest BCUT2D eigenvalue weighted by molar-refractivity contribution is 0.319. The quantitative estimate of drug-likeness (QED) is 0.226. The Morgan fingerprint density at radius 1 is 0.923 bits per heavy atom. The number of ether oxygens (including phenoxy) is 1. The fraction of sp³-hybridized carbons (Fsp3) is 0.435. The van der Waals surface area contributed by atoms with E-state index < -0.39 is 0 Å². The molecule has 2 aromatic rings. The summed E-state index contributed by atoms with van der Waals surface area (Å²) in [6.45, 7) is 2.25. The van der Waals surface area contributed by atoms with Crippen LogP contribution in [0.1, 0.15) is 68.6 Å². The average molecular weight is 354 g/mol. The number of oxime groups is 1. The van der Waals surface area contributed by atoms with Gasteiger partial charge < -0.3 is 9.94 Å². The Labute approximate surface area is 157 Å². The lowest BCUT2D eigenvalue weighted by Gasteiger charge is -2.12. The van der Waals surface area contributed by atoms with Gasteiger partial charge in [-0.1, -0.05) is 87.0 Å². The predicted molar refractivity (Wildman–Crippen MR) is 109 cm³/mol. The molecule has 0 spiro atoms. The third kappa shape index (κ3) is 5.91. The number of methoxy groups -OCH3 is 1. The van der Waals surface area contributed by atoms with Gasteiger partial charge in [0.15, 0.2) is 0 Å². The molecule has 0 aromatic heterocycles. The molecule has 0 saturated carbocycles. The Bertz CT molecular complexity index is 680. The van der Waals surface area contributed by atoms with E-state index in [1.807, 2.05) is 36.4 Å². The van der Waals surface area contributed by atoms with Gasteiger partial charge in [0.1, 0.15) is 11.5 Å². The third-order valence-electron chi connectivity index (χ3n) is 4.74. The second kappa shape index (κ2) is 11.3. The van der Waals surface area contributed by atoms with Crippen molar-refractivity contribution < 1.29 is 9.94 Å². The van der Waals surface area contributed by atoms with Crippen molar-refractivity contribution in [1.29, 1.82) is 0 Å². The summed E-state index contributed by atoms with van der Waals surface area (Å²) in [6, 6.07) is 15.9. The van der Waals surface area contributed by atoms with Crippen LogP contribution in [0.2, 0.25) is 0 Å². The zero-order valence-electron chi connectivity index (χ0n) is 16.1. The van der Waals surface area contributed by atoms with Gasteiger partial charge in [-0.15, -0.1) is 0 Å². The minimum Gasteiger partial charge on any atom is -0.496 e. The van der Waals surface area contributed by atoms with Gasteiger partial charge in [0.25, 0.3) is 0 Å². The van der Waals surface area contributed by atoms with E-state index in [9.17, 15) is 5.21 Å². The van der Waals surface area contributed by atoms with E-state index in [2.05, 4.69) is 24.2 Å². The predicted octanol–water partition coefficient (Wildman–Crippen LogP) is 6.21. The molecule has 0 aliphatic heterocycles. The van der Waals surface area contributed by atoms with Crippen LogP contribution in [0, 0.1) is 0 Å². The molecule has 0 radical (unpaired) electrons. The first-order chi connectivity index (χ1) is 12.8. The van der Waals surface area contributed by atoms with Crippen molar-refractivity contribution in [2.24, 2.45) is 5.16 Å². The summed E-state index contributed by atoms with van der Waals surface area (Å²) in [5.41, 5.74) is 3.51. The van der Waals surface area contributed by atoms with Gasteiger partial charge in [0.2, 0.25) is 0 Å². The van der Waals surface area contributed by atoms with Gasteiger partial charge in [-0.25, -0.2) is 0 Å². The van der Waals surface area contributed by atoms with Crippen molar-refractivity contribution >= 4 is 5.71 Å². The largest absolute Gasteiger partial charge is 0.496 e. The maximum absolute atomic E-state index is 9.59. The summed E-state index contributed by atoms with van der Waals surface area (Å²) in [7, 11) is 1.65. The van der Waals surface area contributed by atoms with E-state index in [1.54, 1.807) is 7.11 Å². The molecular formula is C23H31NO2. The highest BCUT2D eigenvalue weighted by molar-refractivity contribution is 6.14. The van der Waals surface area contributed by atoms with E-state index in [0.717, 1.165) is 23.3 Å². The maximum atomic E-state index is 9.59. The second-order valence-electron chi connectivity index (χ2n) is 6.72. The van der Waals surface area contributed by atoms with Gasteiger partial charge in [-0.3, -0.25) is 0 Å². The van der Waals surface area contributed by atoms with E-state index >= 15 is 0 Å². The first kappa shape index (κ1) is 20.0. The monoisotopic (exact) mass is 353 g/mol. The number of aryl methyl sites for hydroxylation is 1. The number of hydrogen-bond donors (Lipinski definition) is 1. The molecule has 3 heteroatoms. The Balaban J connectivity index is 2.04. The molecule has 0 heterocycles. The molecule has 140 valence electrons. The number of benzene rings is 2. The highest BCUT2D eigenvalue weighted by Crippen LogP contribution is 2.25. The molecule has 2 rings (SSSR count). The Morgan fingerprint density at radius 3 is 2.27 bits per heavy atom. The molecule has 0 aliphatic rings. The topological polar surface area (TPSA) is 41.8 Å². The second-order valence-corrected chi connectivity index (χ2v) is 6.72. The number of rotatable bonds is 11. The van der Waals surface area contributed by atoms with Gasteiger partial charge in [-0.05, 0) is 30.5 Å². The summed E-state index contributed by atoms with van der Waals surface area (Å²) in [6.07, 6.45) is 10.2. The van der Waals surface area contributed by atoms with Gasteiger partial charge in [-0.2, -0.15) is 0 Å². The SMILES string of the molecule is CCCCCCCCCc1ccc(OC)c(C(=NO)c2ccccc2)c1. The van der Waals surface area contributed by atoms with Crippen LogP contribution in [0.5, 0.6) is 5.75 Å². The first-order valence-corrected chi connectivity index (χ1v) is 9.75. The first-order valence-electron chi connectivity index (χ1n) is 9.75. The van der Waals surface area contributed by atoms with Crippen molar-refractivity contribution in [3.8, 4) is 5.75 Å². The van der Waals surface area contributed by atoms with Crippen molar-refractivity contribution in [3.63, 3.8) is 0 Å². The lowest BCUT2D eigenvalue weighted by Crippen LogP contribution is -2.06. The van der Waals surface area contributed by atoms with Crippen LogP contribution in [-0.4, -0.2) is 18.0 Å². The van der Waals surface area contributed by atoms with Crippen LogP contribution in [0.4, 0.5) is 0 Å². The van der Waals surface area contributed by atoms with Gasteiger partial charge in [0, 0.05) is 11.1 Å². The van der Waals surface area contributed by atoms with E-state index in [-0.39, 0.29) is 0 Å². The molecule has 0 amide bonds. The summed E-state index contributed by atoms with van der Waals surface area (Å²) in [5.74, 6) is 0.727. The summed E-state index contributed by atoms with van der Waals surface area (Å²) in [4.78, 5) is 0. The fourth-order valence-corrected chi connectivity index (χ4v) is 3.25. The molecule has 1 N–H and O–H groups in total. The molecule has 2 aromatic carbocycles. The molecule has 0 fully saturated rings. The zero-order chi connectivity index (χ0) is 18.6. The van der Waals surface area contributed by atoms with Crippen molar-refractivity contribution in [1.82, 2.24) is 0 Å². The van der Waals surface area contributed by atoms with Crippen LogP contribution in [0.25, 0.3) is 0 Å². The molecule has 0 bridgehead atoms. The Kier molecular flexibility index (Phi) is 8.74. The van der Waals surface area contributed by atoms with Crippen molar-refractivity contribution in [2.45, 2.75) is 58.3 Å². The summed E-state index contributed by atoms with van der Waals surface area (Å²) < 4.78 is 5.49. The van der Waals surface area contributed by atoms with Crippen molar-refractivity contribution in [2.75, 3.05) is 7.11 Å². The van der Waals surface area contributed by atoms with Crippen LogP contribution in [-0.2, 0) is 6.42 Å². The smallest absolute Gasteiger partial charge is 0.128 e. The van der Waals surface area contributed by atoms with Crippen molar-refractivity contribution in [3.05, 3.63) is 65.2 Å². The molecule has 0 atom stereocenters. The molecule has 3 nitrogen and oxygen atoms in total. The van der Waals surface area contributed by atoms with E-state index in [4.69, 9.17) is 4.74 Å². The van der Waals surface area contributed by atoms with Crippen LogP contribution >= 0.6 is 0 Å². The minimum atomic E-state index is 0.545. The molecular weight excluding hydrogens is 322 g/mol. The van der Waals surface area contributed by atoms with Crippen LogP contribution < -0.4 is 4.74 Å². The number of hydrogen-bond acceptors (Lipinski definition) is 3. The number of unbranched alkanes of at least 4 members (excludes halogenated alkanes) is 6. The van der Waals surface area contributed by atoms with Gasteiger partial charge in [0.05, 0.1) is 7.11 Å². The standard InChI is InChI=1S/C23H31NO2/c1-3-4-5-6-7-8-10-13-19-16-17-22(26-2)21(18-19)23(24-25)20-14-11-9-12-15-20/h9,11-12,14-18,25H,3-8,10,13H2,1-2H3. The average Bonchev–Trinajstić information content (AvgIpc) is 2.69. The normalized spacial score (nSPS) is 11.5. The molecule has 0 saturated heterocycles. The highest BCUT2D eigenvalue weighted by atomic mass is 16.5. The third-order valence-corrected chi connectivity index (χ3v) is 4.74. The van der Waals surface area contributed by atoms with Gasteiger partial charge >= 0.3 is 0 Å². The van der Waals surface area contributed by atoms with Crippen LogP contribution in [0.15, 0.2) is 53.7 Å². The van der Waals surface area contributed by atoms with E-state index in [0.29, 0.717) is 5.71 Å². The lowest BCUT2D eigenvalue weighted by atomic mass is 9.97. The molecule has 0 aliphatic carbocycles. The number of nitrogens with zero attached hydrogens (tertiary/aromatic N) is 1. The Hall–Kier alpha value is -2.29. The zero-order valence-corrected chi connectivity index (χ0v) is 16.1. The Morgan fingerprint density at radius 2 is 1.62 bits per heavy atom. The summed E-state index contributed by atoms with van der Waals surface area (Å²) >= 11 is 0. The van der Waals surface area contributed by atoms with Crippen LogP contribution in [0.3, 0.4) is 0 Å².